The standard InChI is InChI=1S/C19H27N3O3S/c1-6-7-8-22-12(2)13(17(20)23)9-15(22)14-11-26-16(21-14)10-25-18(24)19(3,4)5/h9,11H,6-8,10H2,1-5H3,(H2,20,23). The highest BCUT2D eigenvalue weighted by atomic mass is 32.1. The average Bonchev–Trinajstić information content (AvgIpc) is 3.14. The van der Waals surface area contributed by atoms with Crippen LogP contribution in [-0.4, -0.2) is 21.4 Å². The zero-order valence-electron chi connectivity index (χ0n) is 16.1. The van der Waals surface area contributed by atoms with Crippen molar-refractivity contribution in [1.82, 2.24) is 9.55 Å². The molecule has 0 atom stereocenters. The van der Waals surface area contributed by atoms with E-state index in [1.807, 2.05) is 33.1 Å². The summed E-state index contributed by atoms with van der Waals surface area (Å²) >= 11 is 1.44. The summed E-state index contributed by atoms with van der Waals surface area (Å²) < 4.78 is 7.42. The van der Waals surface area contributed by atoms with Gasteiger partial charge in [-0.05, 0) is 40.2 Å². The molecule has 0 aliphatic carbocycles. The van der Waals surface area contributed by atoms with Crippen molar-refractivity contribution in [2.75, 3.05) is 0 Å². The lowest BCUT2D eigenvalue weighted by Gasteiger charge is -2.15. The largest absolute Gasteiger partial charge is 0.458 e. The van der Waals surface area contributed by atoms with Gasteiger partial charge in [-0.3, -0.25) is 9.59 Å². The van der Waals surface area contributed by atoms with Crippen LogP contribution in [0.3, 0.4) is 0 Å². The summed E-state index contributed by atoms with van der Waals surface area (Å²) in [5, 5.41) is 2.64. The second-order valence-corrected chi connectivity index (χ2v) is 8.29. The number of thiazole rings is 1. The molecule has 0 unspecified atom stereocenters. The summed E-state index contributed by atoms with van der Waals surface area (Å²) in [5.41, 5.74) is 7.98. The van der Waals surface area contributed by atoms with E-state index in [1.165, 1.54) is 11.3 Å². The Kier molecular flexibility index (Phi) is 6.23. The topological polar surface area (TPSA) is 87.2 Å². The van der Waals surface area contributed by atoms with Gasteiger partial charge >= 0.3 is 5.97 Å². The maximum absolute atomic E-state index is 11.9. The van der Waals surface area contributed by atoms with Crippen molar-refractivity contribution in [2.24, 2.45) is 11.1 Å². The Morgan fingerprint density at radius 1 is 1.35 bits per heavy atom. The molecule has 0 aromatic carbocycles. The van der Waals surface area contributed by atoms with E-state index >= 15 is 0 Å². The number of carbonyl (C=O) groups excluding carboxylic acids is 2. The maximum Gasteiger partial charge on any atom is 0.311 e. The number of esters is 1. The number of aromatic nitrogens is 2. The SMILES string of the molecule is CCCCn1c(-c2csc(COC(=O)C(C)(C)C)n2)cc(C(N)=O)c1C. The Bertz CT molecular complexity index is 800. The number of nitrogens with two attached hydrogens (primary N) is 1. The molecule has 142 valence electrons. The van der Waals surface area contributed by atoms with Gasteiger partial charge < -0.3 is 15.0 Å². The van der Waals surface area contributed by atoms with Gasteiger partial charge in [-0.1, -0.05) is 13.3 Å². The maximum atomic E-state index is 11.9. The minimum absolute atomic E-state index is 0.151. The zero-order chi connectivity index (χ0) is 19.5. The van der Waals surface area contributed by atoms with E-state index in [-0.39, 0.29) is 12.6 Å². The first-order valence-corrected chi connectivity index (χ1v) is 9.65. The number of carbonyl (C=O) groups is 2. The first-order chi connectivity index (χ1) is 12.1. The highest BCUT2D eigenvalue weighted by Crippen LogP contribution is 2.28. The minimum atomic E-state index is -0.539. The lowest BCUT2D eigenvalue weighted by atomic mass is 9.97. The van der Waals surface area contributed by atoms with Crippen molar-refractivity contribution >= 4 is 23.2 Å². The molecule has 0 fully saturated rings. The van der Waals surface area contributed by atoms with Crippen molar-refractivity contribution in [1.29, 1.82) is 0 Å². The molecule has 2 heterocycles. The fourth-order valence-electron chi connectivity index (χ4n) is 2.55. The third-order valence-electron chi connectivity index (χ3n) is 4.12. The van der Waals surface area contributed by atoms with E-state index < -0.39 is 11.3 Å². The molecule has 0 saturated carbocycles. The highest BCUT2D eigenvalue weighted by molar-refractivity contribution is 7.09. The van der Waals surface area contributed by atoms with Gasteiger partial charge in [-0.2, -0.15) is 0 Å². The van der Waals surface area contributed by atoms with Gasteiger partial charge in [0.2, 0.25) is 0 Å². The fraction of sp³-hybridized carbons (Fsp3) is 0.526. The van der Waals surface area contributed by atoms with Crippen LogP contribution in [0.25, 0.3) is 11.4 Å². The summed E-state index contributed by atoms with van der Waals surface area (Å²) in [7, 11) is 0. The molecule has 0 radical (unpaired) electrons. The van der Waals surface area contributed by atoms with Crippen molar-refractivity contribution in [2.45, 2.75) is 60.6 Å². The predicted molar refractivity (Wildman–Crippen MR) is 103 cm³/mol. The number of amides is 1. The first kappa shape index (κ1) is 20.2. The quantitative estimate of drug-likeness (QED) is 0.741. The lowest BCUT2D eigenvalue weighted by Crippen LogP contribution is -2.22. The van der Waals surface area contributed by atoms with Crippen LogP contribution in [-0.2, 0) is 22.7 Å². The molecular weight excluding hydrogens is 350 g/mol. The molecule has 0 aliphatic heterocycles. The molecule has 1 amide bonds. The number of hydrogen-bond acceptors (Lipinski definition) is 5. The number of ether oxygens (including phenoxy) is 1. The minimum Gasteiger partial charge on any atom is -0.458 e. The molecule has 26 heavy (non-hydrogen) atoms. The highest BCUT2D eigenvalue weighted by Gasteiger charge is 2.24. The molecule has 0 bridgehead atoms. The zero-order valence-corrected chi connectivity index (χ0v) is 16.9. The van der Waals surface area contributed by atoms with Crippen LogP contribution >= 0.6 is 11.3 Å². The van der Waals surface area contributed by atoms with Crippen LogP contribution in [0.5, 0.6) is 0 Å². The summed E-state index contributed by atoms with van der Waals surface area (Å²) in [6, 6.07) is 1.80. The molecule has 7 heteroatoms. The van der Waals surface area contributed by atoms with E-state index in [4.69, 9.17) is 10.5 Å². The van der Waals surface area contributed by atoms with Crippen LogP contribution in [0.15, 0.2) is 11.4 Å². The fourth-order valence-corrected chi connectivity index (χ4v) is 3.25. The van der Waals surface area contributed by atoms with Gasteiger partial charge in [-0.25, -0.2) is 4.98 Å². The summed E-state index contributed by atoms with van der Waals surface area (Å²) in [4.78, 5) is 28.2. The second-order valence-electron chi connectivity index (χ2n) is 7.35. The van der Waals surface area contributed by atoms with E-state index in [1.54, 1.807) is 6.07 Å². The van der Waals surface area contributed by atoms with Gasteiger partial charge in [0.05, 0.1) is 22.4 Å². The van der Waals surface area contributed by atoms with Crippen molar-refractivity contribution in [3.05, 3.63) is 27.7 Å². The van der Waals surface area contributed by atoms with Crippen LogP contribution in [0.4, 0.5) is 0 Å². The molecule has 2 aromatic rings. The van der Waals surface area contributed by atoms with Gasteiger partial charge in [0.15, 0.2) is 0 Å². The van der Waals surface area contributed by atoms with E-state index in [9.17, 15) is 9.59 Å². The molecule has 2 N–H and O–H groups in total. The van der Waals surface area contributed by atoms with Crippen molar-refractivity contribution in [3.8, 4) is 11.4 Å². The number of hydrogen-bond donors (Lipinski definition) is 1. The third kappa shape index (κ3) is 4.52. The van der Waals surface area contributed by atoms with Gasteiger partial charge in [0.25, 0.3) is 5.91 Å². The molecule has 0 saturated heterocycles. The Hall–Kier alpha value is -2.15. The van der Waals surface area contributed by atoms with Crippen molar-refractivity contribution in [3.63, 3.8) is 0 Å². The Labute approximate surface area is 158 Å². The van der Waals surface area contributed by atoms with Crippen LogP contribution in [0.2, 0.25) is 0 Å². The predicted octanol–water partition coefficient (Wildman–Crippen LogP) is 3.91. The van der Waals surface area contributed by atoms with Gasteiger partial charge in [0.1, 0.15) is 11.6 Å². The molecule has 2 rings (SSSR count). The average molecular weight is 378 g/mol. The number of nitrogens with zero attached hydrogens (tertiary/aromatic N) is 2. The Morgan fingerprint density at radius 2 is 2.04 bits per heavy atom. The van der Waals surface area contributed by atoms with Crippen LogP contribution < -0.4 is 5.73 Å². The summed E-state index contributed by atoms with van der Waals surface area (Å²) in [5.74, 6) is -0.694. The normalized spacial score (nSPS) is 11.6. The molecular formula is C19H27N3O3S. The van der Waals surface area contributed by atoms with Crippen molar-refractivity contribution < 1.29 is 14.3 Å². The first-order valence-electron chi connectivity index (χ1n) is 8.77. The molecule has 2 aromatic heterocycles. The molecule has 6 nitrogen and oxygen atoms in total. The third-order valence-corrected chi connectivity index (χ3v) is 4.94. The van der Waals surface area contributed by atoms with Gasteiger partial charge in [0, 0.05) is 17.6 Å². The monoisotopic (exact) mass is 377 g/mol. The van der Waals surface area contributed by atoms with Crippen LogP contribution in [0, 0.1) is 12.3 Å². The number of rotatable bonds is 7. The molecule has 0 spiro atoms. The Balaban J connectivity index is 2.26. The summed E-state index contributed by atoms with van der Waals surface area (Å²) in [6.45, 7) is 10.4. The second kappa shape index (κ2) is 8.03. The smallest absolute Gasteiger partial charge is 0.311 e. The van der Waals surface area contributed by atoms with E-state index in [0.717, 1.165) is 41.5 Å². The lowest BCUT2D eigenvalue weighted by molar-refractivity contribution is -0.154. The number of primary amides is 1. The van der Waals surface area contributed by atoms with Crippen LogP contribution in [0.1, 0.15) is 61.6 Å². The van der Waals surface area contributed by atoms with E-state index in [2.05, 4.69) is 16.5 Å². The molecule has 0 aliphatic rings. The number of unbranched alkanes of at least 4 members (excludes halogenated alkanes) is 1. The summed E-state index contributed by atoms with van der Waals surface area (Å²) in [6.07, 6.45) is 2.05. The van der Waals surface area contributed by atoms with Gasteiger partial charge in [-0.15, -0.1) is 11.3 Å². The van der Waals surface area contributed by atoms with E-state index in [0.29, 0.717) is 5.56 Å². The Morgan fingerprint density at radius 3 is 2.62 bits per heavy atom.